The van der Waals surface area contributed by atoms with Crippen LogP contribution < -0.4 is 10.6 Å². The number of halogens is 1. The summed E-state index contributed by atoms with van der Waals surface area (Å²) in [6, 6.07) is 0. The van der Waals surface area contributed by atoms with Crippen molar-refractivity contribution in [3.8, 4) is 0 Å². The fourth-order valence-electron chi connectivity index (χ4n) is 1.29. The quantitative estimate of drug-likeness (QED) is 0.718. The lowest BCUT2D eigenvalue weighted by molar-refractivity contribution is 0.0693. The number of anilines is 2. The van der Waals surface area contributed by atoms with E-state index in [1.54, 1.807) is 7.05 Å². The van der Waals surface area contributed by atoms with Gasteiger partial charge in [-0.25, -0.2) is 9.37 Å². The van der Waals surface area contributed by atoms with E-state index in [1.807, 2.05) is 0 Å². The molecule has 1 rings (SSSR count). The predicted octanol–water partition coefficient (Wildman–Crippen LogP) is -0.359. The molecule has 0 amide bonds. The summed E-state index contributed by atoms with van der Waals surface area (Å²) in [6.07, 6.45) is 0.280. The summed E-state index contributed by atoms with van der Waals surface area (Å²) in [5.41, 5.74) is 5.35. The molecule has 0 aliphatic carbocycles. The molecule has 0 bridgehead atoms. The van der Waals surface area contributed by atoms with Crippen LogP contribution >= 0.6 is 0 Å². The molecule has 1 aromatic rings. The Morgan fingerprint density at radius 3 is 3.00 bits per heavy atom. The molecule has 0 radical (unpaired) electrons. The van der Waals surface area contributed by atoms with Crippen molar-refractivity contribution in [2.45, 2.75) is 6.10 Å². The van der Waals surface area contributed by atoms with Gasteiger partial charge in [0.1, 0.15) is 0 Å². The first-order chi connectivity index (χ1) is 7.54. The zero-order valence-electron chi connectivity index (χ0n) is 9.22. The van der Waals surface area contributed by atoms with Crippen LogP contribution in [0, 0.1) is 5.82 Å². The Hall–Kier alpha value is -1.47. The molecule has 90 valence electrons. The van der Waals surface area contributed by atoms with Crippen LogP contribution in [-0.2, 0) is 4.74 Å². The molecule has 1 atom stereocenters. The van der Waals surface area contributed by atoms with Gasteiger partial charge in [0.15, 0.2) is 11.6 Å². The highest BCUT2D eigenvalue weighted by atomic mass is 19.1. The van der Waals surface area contributed by atoms with Gasteiger partial charge < -0.3 is 20.5 Å². The third kappa shape index (κ3) is 3.28. The molecule has 0 saturated heterocycles. The molecule has 1 unspecified atom stereocenters. The smallest absolute Gasteiger partial charge is 0.222 e. The summed E-state index contributed by atoms with van der Waals surface area (Å²) in [6.45, 7) is 0.369. The summed E-state index contributed by atoms with van der Waals surface area (Å²) in [5, 5.41) is 9.48. The van der Waals surface area contributed by atoms with Crippen LogP contribution in [0.1, 0.15) is 0 Å². The van der Waals surface area contributed by atoms with Crippen LogP contribution in [0.2, 0.25) is 0 Å². The van der Waals surface area contributed by atoms with Crippen LogP contribution in [0.3, 0.4) is 0 Å². The lowest BCUT2D eigenvalue weighted by atomic mass is 10.3. The molecule has 0 spiro atoms. The Balaban J connectivity index is 2.72. The number of aliphatic hydroxyl groups excluding tert-OH is 1. The van der Waals surface area contributed by atoms with Gasteiger partial charge in [-0.15, -0.1) is 0 Å². The third-order valence-electron chi connectivity index (χ3n) is 1.95. The van der Waals surface area contributed by atoms with Crippen LogP contribution in [-0.4, -0.2) is 48.5 Å². The second-order valence-corrected chi connectivity index (χ2v) is 3.39. The summed E-state index contributed by atoms with van der Waals surface area (Å²) in [5.74, 6) is -0.534. The van der Waals surface area contributed by atoms with Gasteiger partial charge in [0.2, 0.25) is 5.95 Å². The van der Waals surface area contributed by atoms with Gasteiger partial charge in [-0.2, -0.15) is 4.98 Å². The highest BCUT2D eigenvalue weighted by molar-refractivity contribution is 5.41. The van der Waals surface area contributed by atoms with E-state index in [0.717, 1.165) is 6.20 Å². The molecule has 0 aliphatic rings. The largest absolute Gasteiger partial charge is 0.389 e. The van der Waals surface area contributed by atoms with Gasteiger partial charge in [-0.05, 0) is 0 Å². The molecule has 0 fully saturated rings. The highest BCUT2D eigenvalue weighted by Crippen LogP contribution is 2.14. The Kier molecular flexibility index (Phi) is 4.39. The zero-order chi connectivity index (χ0) is 12.1. The van der Waals surface area contributed by atoms with Gasteiger partial charge in [-0.3, -0.25) is 0 Å². The van der Waals surface area contributed by atoms with Crippen molar-refractivity contribution >= 4 is 11.8 Å². The number of aromatic nitrogens is 2. The first-order valence-electron chi connectivity index (χ1n) is 4.70. The van der Waals surface area contributed by atoms with E-state index in [2.05, 4.69) is 9.97 Å². The molecule has 7 heteroatoms. The van der Waals surface area contributed by atoms with E-state index in [4.69, 9.17) is 10.5 Å². The second-order valence-electron chi connectivity index (χ2n) is 3.39. The van der Waals surface area contributed by atoms with Gasteiger partial charge in [0.25, 0.3) is 0 Å². The molecule has 1 heterocycles. The fourth-order valence-corrected chi connectivity index (χ4v) is 1.29. The first kappa shape index (κ1) is 12.6. The maximum Gasteiger partial charge on any atom is 0.222 e. The van der Waals surface area contributed by atoms with Gasteiger partial charge >= 0.3 is 0 Å². The van der Waals surface area contributed by atoms with Crippen LogP contribution in [0.5, 0.6) is 0 Å². The van der Waals surface area contributed by atoms with Crippen molar-refractivity contribution in [2.24, 2.45) is 0 Å². The molecule has 3 N–H and O–H groups in total. The number of nitrogens with zero attached hydrogens (tertiary/aromatic N) is 3. The summed E-state index contributed by atoms with van der Waals surface area (Å²) < 4.78 is 18.1. The number of methoxy groups -OCH3 is 1. The fraction of sp³-hybridized carbons (Fsp3) is 0.556. The number of nitrogen functional groups attached to an aromatic ring is 1. The minimum atomic E-state index is -0.717. The van der Waals surface area contributed by atoms with E-state index in [1.165, 1.54) is 12.0 Å². The minimum absolute atomic E-state index is 0.00974. The number of aliphatic hydroxyl groups is 1. The maximum absolute atomic E-state index is 13.3. The van der Waals surface area contributed by atoms with Crippen LogP contribution in [0.15, 0.2) is 6.20 Å². The molecule has 6 nitrogen and oxygen atoms in total. The molecule has 0 saturated carbocycles. The Bertz CT molecular complexity index is 350. The average molecular weight is 230 g/mol. The van der Waals surface area contributed by atoms with E-state index in [9.17, 15) is 9.50 Å². The third-order valence-corrected chi connectivity index (χ3v) is 1.95. The normalized spacial score (nSPS) is 12.5. The number of ether oxygens (including phenoxy) is 1. The first-order valence-corrected chi connectivity index (χ1v) is 4.70. The van der Waals surface area contributed by atoms with E-state index in [0.29, 0.717) is 0 Å². The molecule has 16 heavy (non-hydrogen) atoms. The lowest BCUT2D eigenvalue weighted by Crippen LogP contribution is -2.33. The molecule has 0 aliphatic heterocycles. The Morgan fingerprint density at radius 1 is 1.69 bits per heavy atom. The van der Waals surface area contributed by atoms with Crippen molar-refractivity contribution in [3.05, 3.63) is 12.0 Å². The predicted molar refractivity (Wildman–Crippen MR) is 57.6 cm³/mol. The standard InChI is InChI=1S/C9H15FN4O2/c1-14(4-6(15)5-16-2)8-7(10)3-12-9(11)13-8/h3,6,15H,4-5H2,1-2H3,(H2,11,12,13). The van der Waals surface area contributed by atoms with E-state index in [-0.39, 0.29) is 24.9 Å². The lowest BCUT2D eigenvalue weighted by Gasteiger charge is -2.21. The van der Waals surface area contributed by atoms with Crippen molar-refractivity contribution in [1.29, 1.82) is 0 Å². The topological polar surface area (TPSA) is 84.5 Å². The number of hydrogen-bond acceptors (Lipinski definition) is 6. The Morgan fingerprint density at radius 2 is 2.38 bits per heavy atom. The van der Waals surface area contributed by atoms with Gasteiger partial charge in [0, 0.05) is 20.7 Å². The van der Waals surface area contributed by atoms with E-state index < -0.39 is 11.9 Å². The van der Waals surface area contributed by atoms with E-state index >= 15 is 0 Å². The number of hydrogen-bond donors (Lipinski definition) is 2. The number of nitrogens with two attached hydrogens (primary N) is 1. The second kappa shape index (κ2) is 5.57. The van der Waals surface area contributed by atoms with Gasteiger partial charge in [-0.1, -0.05) is 0 Å². The Labute approximate surface area is 92.9 Å². The zero-order valence-corrected chi connectivity index (χ0v) is 9.22. The van der Waals surface area contributed by atoms with Gasteiger partial charge in [0.05, 0.1) is 18.9 Å². The molecule has 0 aromatic carbocycles. The van der Waals surface area contributed by atoms with Crippen molar-refractivity contribution < 1.29 is 14.2 Å². The van der Waals surface area contributed by atoms with Crippen molar-refractivity contribution in [2.75, 3.05) is 37.9 Å². The SMILES string of the molecule is COCC(O)CN(C)c1nc(N)ncc1F. The molecule has 1 aromatic heterocycles. The monoisotopic (exact) mass is 230 g/mol. The molecular weight excluding hydrogens is 215 g/mol. The highest BCUT2D eigenvalue weighted by Gasteiger charge is 2.14. The average Bonchev–Trinajstić information content (AvgIpc) is 2.21. The van der Waals surface area contributed by atoms with Crippen molar-refractivity contribution in [3.63, 3.8) is 0 Å². The maximum atomic E-state index is 13.3. The summed E-state index contributed by atoms with van der Waals surface area (Å²) >= 11 is 0. The minimum Gasteiger partial charge on any atom is -0.389 e. The number of likely N-dealkylation sites (N-methyl/N-ethyl adjacent to an activating group) is 1. The summed E-state index contributed by atoms with van der Waals surface area (Å²) in [7, 11) is 3.08. The van der Waals surface area contributed by atoms with Crippen LogP contribution in [0.4, 0.5) is 16.2 Å². The van der Waals surface area contributed by atoms with Crippen LogP contribution in [0.25, 0.3) is 0 Å². The summed E-state index contributed by atoms with van der Waals surface area (Å²) in [4.78, 5) is 8.72. The van der Waals surface area contributed by atoms with Crippen molar-refractivity contribution in [1.82, 2.24) is 9.97 Å². The molecular formula is C9H15FN4O2. The number of rotatable bonds is 5.